The second-order valence-electron chi connectivity index (χ2n) is 3.29. The van der Waals surface area contributed by atoms with E-state index in [0.717, 1.165) is 5.69 Å². The standard InChI is InChI=1S/C10H15N3O2/c1-7(11)4-5-8-6-9(10(14)15-3)12-13(8)2/h4-7H,11H2,1-3H3/b5-4+. The molecule has 0 fully saturated rings. The van der Waals surface area contributed by atoms with Gasteiger partial charge in [-0.3, -0.25) is 4.68 Å². The van der Waals surface area contributed by atoms with Crippen LogP contribution in [0.4, 0.5) is 0 Å². The molecule has 0 aliphatic heterocycles. The molecule has 0 bridgehead atoms. The van der Waals surface area contributed by atoms with Crippen molar-refractivity contribution >= 4 is 12.0 Å². The molecule has 0 saturated carbocycles. The average molecular weight is 209 g/mol. The first-order valence-corrected chi connectivity index (χ1v) is 4.60. The van der Waals surface area contributed by atoms with Crippen LogP contribution in [-0.2, 0) is 11.8 Å². The maximum atomic E-state index is 11.2. The number of rotatable bonds is 3. The molecule has 1 rings (SSSR count). The zero-order valence-corrected chi connectivity index (χ0v) is 9.10. The first-order valence-electron chi connectivity index (χ1n) is 4.60. The fourth-order valence-corrected chi connectivity index (χ4v) is 1.09. The van der Waals surface area contributed by atoms with E-state index in [1.807, 2.05) is 19.1 Å². The van der Waals surface area contributed by atoms with Gasteiger partial charge in [0.25, 0.3) is 0 Å². The molecule has 5 heteroatoms. The Morgan fingerprint density at radius 1 is 1.73 bits per heavy atom. The van der Waals surface area contributed by atoms with Crippen LogP contribution in [-0.4, -0.2) is 28.9 Å². The molecule has 82 valence electrons. The molecule has 0 spiro atoms. The molecule has 0 amide bonds. The Morgan fingerprint density at radius 2 is 2.40 bits per heavy atom. The highest BCUT2D eigenvalue weighted by Crippen LogP contribution is 2.06. The van der Waals surface area contributed by atoms with Crippen molar-refractivity contribution in [3.8, 4) is 0 Å². The minimum atomic E-state index is -0.439. The van der Waals surface area contributed by atoms with E-state index in [2.05, 4.69) is 9.84 Å². The fourth-order valence-electron chi connectivity index (χ4n) is 1.09. The van der Waals surface area contributed by atoms with E-state index < -0.39 is 5.97 Å². The number of esters is 1. The highest BCUT2D eigenvalue weighted by molar-refractivity contribution is 5.87. The molecule has 1 aromatic heterocycles. The Hall–Kier alpha value is -1.62. The minimum absolute atomic E-state index is 0.0264. The Balaban J connectivity index is 2.91. The number of ether oxygens (including phenoxy) is 1. The predicted octanol–water partition coefficient (Wildman–Crippen LogP) is 0.567. The maximum Gasteiger partial charge on any atom is 0.358 e. The maximum absolute atomic E-state index is 11.2. The Labute approximate surface area is 88.5 Å². The third-order valence-electron chi connectivity index (χ3n) is 1.88. The number of carbonyl (C=O) groups excluding carboxylic acids is 1. The molecule has 1 atom stereocenters. The monoisotopic (exact) mass is 209 g/mol. The van der Waals surface area contributed by atoms with Gasteiger partial charge in [-0.15, -0.1) is 0 Å². The van der Waals surface area contributed by atoms with Crippen LogP contribution >= 0.6 is 0 Å². The van der Waals surface area contributed by atoms with Crippen LogP contribution in [0.15, 0.2) is 12.1 Å². The number of aryl methyl sites for hydroxylation is 1. The van der Waals surface area contributed by atoms with Gasteiger partial charge in [0.1, 0.15) is 0 Å². The largest absolute Gasteiger partial charge is 0.464 e. The van der Waals surface area contributed by atoms with Gasteiger partial charge in [-0.2, -0.15) is 5.10 Å². The number of aromatic nitrogens is 2. The van der Waals surface area contributed by atoms with Gasteiger partial charge >= 0.3 is 5.97 Å². The highest BCUT2D eigenvalue weighted by Gasteiger charge is 2.10. The summed E-state index contributed by atoms with van der Waals surface area (Å²) < 4.78 is 6.17. The summed E-state index contributed by atoms with van der Waals surface area (Å²) in [5, 5.41) is 4.01. The minimum Gasteiger partial charge on any atom is -0.464 e. The quantitative estimate of drug-likeness (QED) is 0.739. The lowest BCUT2D eigenvalue weighted by atomic mass is 10.2. The Bertz CT molecular complexity index is 380. The molecule has 0 aliphatic carbocycles. The van der Waals surface area contributed by atoms with Crippen LogP contribution in [0.3, 0.4) is 0 Å². The summed E-state index contributed by atoms with van der Waals surface area (Å²) in [5.41, 5.74) is 6.68. The number of methoxy groups -OCH3 is 1. The van der Waals surface area contributed by atoms with Gasteiger partial charge in [0.15, 0.2) is 5.69 Å². The van der Waals surface area contributed by atoms with Crippen molar-refractivity contribution in [3.05, 3.63) is 23.5 Å². The number of nitrogens with zero attached hydrogens (tertiary/aromatic N) is 2. The van der Waals surface area contributed by atoms with Crippen molar-refractivity contribution in [2.45, 2.75) is 13.0 Å². The van der Waals surface area contributed by atoms with Gasteiger partial charge in [-0.25, -0.2) is 4.79 Å². The lowest BCUT2D eigenvalue weighted by molar-refractivity contribution is 0.0593. The summed E-state index contributed by atoms with van der Waals surface area (Å²) in [6, 6.07) is 1.63. The summed E-state index contributed by atoms with van der Waals surface area (Å²) in [5.74, 6) is -0.439. The molecular weight excluding hydrogens is 194 g/mol. The van der Waals surface area contributed by atoms with Gasteiger partial charge in [0.05, 0.1) is 12.8 Å². The Kier molecular flexibility index (Phi) is 3.62. The molecular formula is C10H15N3O2. The number of carbonyl (C=O) groups is 1. The molecule has 1 heterocycles. The zero-order valence-electron chi connectivity index (χ0n) is 9.10. The van der Waals surface area contributed by atoms with E-state index in [-0.39, 0.29) is 6.04 Å². The summed E-state index contributed by atoms with van der Waals surface area (Å²) in [6.07, 6.45) is 3.65. The average Bonchev–Trinajstić information content (AvgIpc) is 2.55. The third kappa shape index (κ3) is 2.92. The summed E-state index contributed by atoms with van der Waals surface area (Å²) in [7, 11) is 3.09. The van der Waals surface area contributed by atoms with Gasteiger partial charge in [-0.1, -0.05) is 6.08 Å². The lowest BCUT2D eigenvalue weighted by Crippen LogP contribution is -2.10. The highest BCUT2D eigenvalue weighted by atomic mass is 16.5. The van der Waals surface area contributed by atoms with E-state index in [4.69, 9.17) is 5.73 Å². The second-order valence-corrected chi connectivity index (χ2v) is 3.29. The fraction of sp³-hybridized carbons (Fsp3) is 0.400. The Morgan fingerprint density at radius 3 is 2.93 bits per heavy atom. The van der Waals surface area contributed by atoms with E-state index in [1.165, 1.54) is 7.11 Å². The van der Waals surface area contributed by atoms with Crippen LogP contribution in [0.1, 0.15) is 23.1 Å². The van der Waals surface area contributed by atoms with Crippen molar-refractivity contribution in [1.29, 1.82) is 0 Å². The first-order chi connectivity index (χ1) is 7.04. The van der Waals surface area contributed by atoms with Crippen LogP contribution in [0.2, 0.25) is 0 Å². The molecule has 0 saturated heterocycles. The van der Waals surface area contributed by atoms with Gasteiger partial charge in [-0.05, 0) is 19.1 Å². The predicted molar refractivity (Wildman–Crippen MR) is 57.2 cm³/mol. The SMILES string of the molecule is COC(=O)c1cc(/C=C/C(C)N)n(C)n1. The van der Waals surface area contributed by atoms with E-state index in [0.29, 0.717) is 5.69 Å². The van der Waals surface area contributed by atoms with Gasteiger partial charge in [0.2, 0.25) is 0 Å². The van der Waals surface area contributed by atoms with Crippen molar-refractivity contribution < 1.29 is 9.53 Å². The lowest BCUT2D eigenvalue weighted by Gasteiger charge is -1.95. The topological polar surface area (TPSA) is 70.1 Å². The van der Waals surface area contributed by atoms with Crippen molar-refractivity contribution in [2.75, 3.05) is 7.11 Å². The molecule has 0 aromatic carbocycles. The molecule has 1 unspecified atom stereocenters. The molecule has 15 heavy (non-hydrogen) atoms. The number of hydrogen-bond donors (Lipinski definition) is 1. The van der Waals surface area contributed by atoms with Gasteiger partial charge in [0, 0.05) is 13.1 Å². The van der Waals surface area contributed by atoms with E-state index in [1.54, 1.807) is 17.8 Å². The zero-order chi connectivity index (χ0) is 11.4. The van der Waals surface area contributed by atoms with Crippen molar-refractivity contribution in [3.63, 3.8) is 0 Å². The van der Waals surface area contributed by atoms with Crippen LogP contribution in [0.5, 0.6) is 0 Å². The second kappa shape index (κ2) is 4.75. The van der Waals surface area contributed by atoms with Crippen molar-refractivity contribution in [2.24, 2.45) is 12.8 Å². The molecule has 0 aliphatic rings. The number of hydrogen-bond acceptors (Lipinski definition) is 4. The summed E-state index contributed by atoms with van der Waals surface area (Å²) in [4.78, 5) is 11.2. The molecule has 0 radical (unpaired) electrons. The van der Waals surface area contributed by atoms with Crippen LogP contribution < -0.4 is 5.73 Å². The van der Waals surface area contributed by atoms with Crippen LogP contribution in [0, 0.1) is 0 Å². The smallest absolute Gasteiger partial charge is 0.358 e. The molecule has 2 N–H and O–H groups in total. The first kappa shape index (κ1) is 11.5. The van der Waals surface area contributed by atoms with Crippen LogP contribution in [0.25, 0.3) is 6.08 Å². The molecule has 5 nitrogen and oxygen atoms in total. The van der Waals surface area contributed by atoms with Crippen molar-refractivity contribution in [1.82, 2.24) is 9.78 Å². The number of nitrogens with two attached hydrogens (primary N) is 1. The third-order valence-corrected chi connectivity index (χ3v) is 1.88. The summed E-state index contributed by atoms with van der Waals surface area (Å²) in [6.45, 7) is 1.87. The van der Waals surface area contributed by atoms with Gasteiger partial charge < -0.3 is 10.5 Å². The normalized spacial score (nSPS) is 13.1. The van der Waals surface area contributed by atoms with E-state index >= 15 is 0 Å². The van der Waals surface area contributed by atoms with E-state index in [9.17, 15) is 4.79 Å². The summed E-state index contributed by atoms with van der Waals surface area (Å²) >= 11 is 0. The molecule has 1 aromatic rings.